The van der Waals surface area contributed by atoms with Crippen molar-refractivity contribution >= 4 is 9.84 Å². The molecule has 41 heavy (non-hydrogen) atoms. The van der Waals surface area contributed by atoms with Crippen molar-refractivity contribution in [1.82, 2.24) is 0 Å². The standard InChI is InChI=1S/C32H66O8S/c1-8-12-13-14-21-24-27-30(32(38-9-2,39-10-3)40-11-4)41(33,34)29-26-23-20-18-16-15-17-19-22-25-28-31(35-5,36-6)37-7/h30H,8-29H2,1-7H3. The van der Waals surface area contributed by atoms with Gasteiger partial charge in [0.1, 0.15) is 5.25 Å². The van der Waals surface area contributed by atoms with E-state index in [4.69, 9.17) is 28.4 Å². The van der Waals surface area contributed by atoms with E-state index in [0.717, 1.165) is 57.8 Å². The lowest BCUT2D eigenvalue weighted by Crippen LogP contribution is -2.54. The number of hydrogen-bond acceptors (Lipinski definition) is 8. The van der Waals surface area contributed by atoms with Crippen LogP contribution >= 0.6 is 0 Å². The molecule has 248 valence electrons. The third kappa shape index (κ3) is 17.0. The second-order valence-electron chi connectivity index (χ2n) is 10.9. The van der Waals surface area contributed by atoms with Crippen molar-refractivity contribution in [2.75, 3.05) is 46.9 Å². The molecule has 0 saturated heterocycles. The van der Waals surface area contributed by atoms with Crippen LogP contribution in [-0.2, 0) is 38.3 Å². The minimum Gasteiger partial charge on any atom is -0.331 e. The van der Waals surface area contributed by atoms with Crippen LogP contribution in [0.2, 0.25) is 0 Å². The molecule has 0 aromatic heterocycles. The lowest BCUT2D eigenvalue weighted by Gasteiger charge is -2.38. The summed E-state index contributed by atoms with van der Waals surface area (Å²) in [5.41, 5.74) is 0. The maximum absolute atomic E-state index is 13.7. The topological polar surface area (TPSA) is 89.5 Å². The molecule has 0 saturated carbocycles. The number of rotatable bonds is 31. The Morgan fingerprint density at radius 1 is 0.537 bits per heavy atom. The summed E-state index contributed by atoms with van der Waals surface area (Å²) in [6.45, 7) is 8.76. The molecule has 0 aliphatic carbocycles. The molecule has 0 spiro atoms. The van der Waals surface area contributed by atoms with E-state index in [-0.39, 0.29) is 5.75 Å². The van der Waals surface area contributed by atoms with E-state index in [9.17, 15) is 8.42 Å². The van der Waals surface area contributed by atoms with Crippen molar-refractivity contribution in [3.05, 3.63) is 0 Å². The van der Waals surface area contributed by atoms with Gasteiger partial charge in [-0.05, 0) is 40.0 Å². The van der Waals surface area contributed by atoms with Crippen LogP contribution in [0.5, 0.6) is 0 Å². The van der Waals surface area contributed by atoms with E-state index in [1.54, 1.807) is 21.3 Å². The molecule has 0 rings (SSSR count). The monoisotopic (exact) mass is 610 g/mol. The molecule has 0 aliphatic rings. The summed E-state index contributed by atoms with van der Waals surface area (Å²) in [4.78, 5) is 0. The van der Waals surface area contributed by atoms with Crippen molar-refractivity contribution in [3.63, 3.8) is 0 Å². The Balaban J connectivity index is 4.63. The predicted molar refractivity (Wildman–Crippen MR) is 168 cm³/mol. The third-order valence-electron chi connectivity index (χ3n) is 7.78. The van der Waals surface area contributed by atoms with Gasteiger partial charge < -0.3 is 28.4 Å². The van der Waals surface area contributed by atoms with Crippen molar-refractivity contribution in [2.24, 2.45) is 0 Å². The van der Waals surface area contributed by atoms with Crippen molar-refractivity contribution in [1.29, 1.82) is 0 Å². The van der Waals surface area contributed by atoms with Crippen molar-refractivity contribution in [2.45, 2.75) is 160 Å². The van der Waals surface area contributed by atoms with Gasteiger partial charge in [0.25, 0.3) is 5.97 Å². The van der Waals surface area contributed by atoms with Crippen molar-refractivity contribution in [3.8, 4) is 0 Å². The maximum Gasteiger partial charge on any atom is 0.300 e. The Morgan fingerprint density at radius 2 is 0.927 bits per heavy atom. The molecular weight excluding hydrogens is 544 g/mol. The first kappa shape index (κ1) is 40.7. The van der Waals surface area contributed by atoms with Gasteiger partial charge >= 0.3 is 5.97 Å². The van der Waals surface area contributed by atoms with Crippen molar-refractivity contribution < 1.29 is 36.8 Å². The summed E-state index contributed by atoms with van der Waals surface area (Å²) in [7, 11) is 1.34. The summed E-state index contributed by atoms with van der Waals surface area (Å²) < 4.78 is 61.3. The average molecular weight is 611 g/mol. The second-order valence-corrected chi connectivity index (χ2v) is 13.2. The van der Waals surface area contributed by atoms with Crippen LogP contribution in [0.1, 0.15) is 143 Å². The van der Waals surface area contributed by atoms with Crippen LogP contribution in [0.3, 0.4) is 0 Å². The number of ether oxygens (including phenoxy) is 6. The highest BCUT2D eigenvalue weighted by Gasteiger charge is 2.49. The van der Waals surface area contributed by atoms with Gasteiger partial charge in [-0.3, -0.25) is 0 Å². The summed E-state index contributed by atoms with van der Waals surface area (Å²) in [6, 6.07) is 0. The Bertz CT molecular complexity index is 656. The van der Waals surface area contributed by atoms with Gasteiger partial charge in [0.2, 0.25) is 0 Å². The van der Waals surface area contributed by atoms with E-state index in [1.807, 2.05) is 20.8 Å². The fourth-order valence-corrected chi connectivity index (χ4v) is 7.51. The van der Waals surface area contributed by atoms with Gasteiger partial charge in [-0.15, -0.1) is 0 Å². The molecule has 1 unspecified atom stereocenters. The van der Waals surface area contributed by atoms with Gasteiger partial charge in [0, 0.05) is 47.6 Å². The van der Waals surface area contributed by atoms with E-state index >= 15 is 0 Å². The zero-order chi connectivity index (χ0) is 30.9. The number of hydrogen-bond donors (Lipinski definition) is 0. The van der Waals surface area contributed by atoms with Gasteiger partial charge in [-0.1, -0.05) is 96.8 Å². The molecule has 0 heterocycles. The predicted octanol–water partition coefficient (Wildman–Crippen LogP) is 8.17. The van der Waals surface area contributed by atoms with Crippen LogP contribution in [0, 0.1) is 0 Å². The molecule has 1 atom stereocenters. The Morgan fingerprint density at radius 3 is 1.34 bits per heavy atom. The van der Waals surface area contributed by atoms with Crippen LogP contribution < -0.4 is 0 Å². The lowest BCUT2D eigenvalue weighted by molar-refractivity contribution is -0.377. The highest BCUT2D eigenvalue weighted by Crippen LogP contribution is 2.32. The second kappa shape index (κ2) is 25.1. The Labute approximate surface area is 253 Å². The first-order valence-electron chi connectivity index (χ1n) is 16.6. The van der Waals surface area contributed by atoms with E-state index in [1.165, 1.54) is 44.9 Å². The van der Waals surface area contributed by atoms with Gasteiger partial charge in [-0.25, -0.2) is 8.42 Å². The fraction of sp³-hybridized carbons (Fsp3) is 1.00. The van der Waals surface area contributed by atoms with E-state index in [2.05, 4.69) is 6.92 Å². The average Bonchev–Trinajstić information content (AvgIpc) is 2.95. The van der Waals surface area contributed by atoms with E-state index in [0.29, 0.717) is 32.7 Å². The van der Waals surface area contributed by atoms with Gasteiger partial charge in [0.05, 0.1) is 5.75 Å². The molecule has 8 nitrogen and oxygen atoms in total. The molecule has 0 bridgehead atoms. The van der Waals surface area contributed by atoms with E-state index < -0.39 is 27.0 Å². The molecule has 0 radical (unpaired) electrons. The highest BCUT2D eigenvalue weighted by atomic mass is 32.2. The summed E-state index contributed by atoms with van der Waals surface area (Å²) in [5, 5.41) is -0.817. The third-order valence-corrected chi connectivity index (χ3v) is 10.0. The minimum absolute atomic E-state index is 0.147. The summed E-state index contributed by atoms with van der Waals surface area (Å²) in [5.74, 6) is -2.30. The summed E-state index contributed by atoms with van der Waals surface area (Å²) >= 11 is 0. The quantitative estimate of drug-likeness (QED) is 0.0574. The molecule has 0 aliphatic heterocycles. The normalized spacial score (nSPS) is 13.6. The molecule has 0 amide bonds. The number of sulfone groups is 1. The lowest BCUT2D eigenvalue weighted by atomic mass is 10.1. The Hall–Kier alpha value is -0.290. The van der Waals surface area contributed by atoms with Crippen LogP contribution in [-0.4, -0.2) is 72.5 Å². The number of unbranched alkanes of at least 4 members (excludes halogenated alkanes) is 14. The first-order chi connectivity index (χ1) is 19.8. The number of methoxy groups -OCH3 is 3. The smallest absolute Gasteiger partial charge is 0.300 e. The highest BCUT2D eigenvalue weighted by molar-refractivity contribution is 7.92. The Kier molecular flexibility index (Phi) is 24.9. The molecule has 0 aromatic rings. The van der Waals surface area contributed by atoms with Gasteiger partial charge in [-0.2, -0.15) is 0 Å². The molecule has 0 N–H and O–H groups in total. The van der Waals surface area contributed by atoms with Gasteiger partial charge in [0.15, 0.2) is 9.84 Å². The fourth-order valence-electron chi connectivity index (χ4n) is 5.45. The first-order valence-corrected chi connectivity index (χ1v) is 18.3. The summed E-state index contributed by atoms with van der Waals surface area (Å²) in [6.07, 6.45) is 18.5. The SMILES string of the molecule is CCCCCCCCC(C(OCC)(OCC)OCC)S(=O)(=O)CCCCCCCCCCCCC(OC)(OC)OC. The molecular formula is C32H66O8S. The molecule has 9 heteroatoms. The van der Waals surface area contributed by atoms with Crippen LogP contribution in [0.4, 0.5) is 0 Å². The van der Waals surface area contributed by atoms with Crippen LogP contribution in [0.25, 0.3) is 0 Å². The molecule has 0 fully saturated rings. The maximum atomic E-state index is 13.7. The molecule has 0 aromatic carbocycles. The van der Waals surface area contributed by atoms with Crippen LogP contribution in [0.15, 0.2) is 0 Å². The zero-order valence-electron chi connectivity index (χ0n) is 27.8. The largest absolute Gasteiger partial charge is 0.331 e. The zero-order valence-corrected chi connectivity index (χ0v) is 28.6. The minimum atomic E-state index is -3.47.